The fraction of sp³-hybridized carbons (Fsp3) is 0.444. The van der Waals surface area contributed by atoms with Crippen LogP contribution >= 0.6 is 0 Å². The molecule has 0 aliphatic carbocycles. The van der Waals surface area contributed by atoms with Crippen molar-refractivity contribution >= 4 is 5.91 Å². The highest BCUT2D eigenvalue weighted by Crippen LogP contribution is 2.22. The summed E-state index contributed by atoms with van der Waals surface area (Å²) in [6, 6.07) is 5.49. The van der Waals surface area contributed by atoms with Crippen molar-refractivity contribution in [1.82, 2.24) is 19.4 Å². The molecule has 6 nitrogen and oxygen atoms in total. The van der Waals surface area contributed by atoms with Crippen LogP contribution in [0, 0.1) is 5.82 Å². The molecule has 0 unspecified atom stereocenters. The van der Waals surface area contributed by atoms with Crippen LogP contribution in [0.5, 0.6) is 0 Å². The predicted octanol–water partition coefficient (Wildman–Crippen LogP) is 1.39. The fourth-order valence-corrected chi connectivity index (χ4v) is 3.36. The van der Waals surface area contributed by atoms with E-state index in [0.29, 0.717) is 0 Å². The van der Waals surface area contributed by atoms with Crippen LogP contribution in [0.1, 0.15) is 24.4 Å². The number of benzene rings is 1. The number of rotatable bonds is 6. The minimum atomic E-state index is -0.514. The molecule has 134 valence electrons. The average molecular weight is 345 g/mol. The minimum Gasteiger partial charge on any atom is -0.368 e. The van der Waals surface area contributed by atoms with E-state index in [1.54, 1.807) is 12.1 Å². The summed E-state index contributed by atoms with van der Waals surface area (Å²) in [5.41, 5.74) is 6.36. The number of nitrogens with two attached hydrogens (primary N) is 1. The number of piperazine rings is 1. The van der Waals surface area contributed by atoms with E-state index >= 15 is 0 Å². The summed E-state index contributed by atoms with van der Waals surface area (Å²) >= 11 is 0. The Labute approximate surface area is 147 Å². The number of primary amides is 1. The van der Waals surface area contributed by atoms with Gasteiger partial charge >= 0.3 is 0 Å². The molecule has 0 spiro atoms. The highest BCUT2D eigenvalue weighted by Gasteiger charge is 2.29. The van der Waals surface area contributed by atoms with Gasteiger partial charge in [0.25, 0.3) is 0 Å². The SMILES string of the molecule is CCn1ccnc1CN1CCN([C@H](C(N)=O)c2ccc(F)cc2)CC1. The monoisotopic (exact) mass is 345 g/mol. The largest absolute Gasteiger partial charge is 0.368 e. The first-order valence-electron chi connectivity index (χ1n) is 8.59. The average Bonchev–Trinajstić information content (AvgIpc) is 3.05. The molecule has 0 radical (unpaired) electrons. The summed E-state index contributed by atoms with van der Waals surface area (Å²) in [4.78, 5) is 20.8. The Morgan fingerprint density at radius 3 is 2.52 bits per heavy atom. The van der Waals surface area contributed by atoms with Gasteiger partial charge < -0.3 is 10.3 Å². The van der Waals surface area contributed by atoms with Crippen molar-refractivity contribution in [1.29, 1.82) is 0 Å². The van der Waals surface area contributed by atoms with Crippen molar-refractivity contribution in [2.24, 2.45) is 5.73 Å². The van der Waals surface area contributed by atoms with Crippen LogP contribution in [0.25, 0.3) is 0 Å². The Kier molecular flexibility index (Phi) is 5.45. The zero-order valence-electron chi connectivity index (χ0n) is 14.4. The molecule has 1 aromatic heterocycles. The highest BCUT2D eigenvalue weighted by atomic mass is 19.1. The fourth-order valence-electron chi connectivity index (χ4n) is 3.36. The van der Waals surface area contributed by atoms with E-state index in [4.69, 9.17) is 5.73 Å². The zero-order chi connectivity index (χ0) is 17.8. The van der Waals surface area contributed by atoms with Gasteiger partial charge in [0.2, 0.25) is 5.91 Å². The van der Waals surface area contributed by atoms with Crippen LogP contribution in [0.4, 0.5) is 4.39 Å². The lowest BCUT2D eigenvalue weighted by Crippen LogP contribution is -2.50. The quantitative estimate of drug-likeness (QED) is 0.859. The molecule has 0 bridgehead atoms. The molecule has 25 heavy (non-hydrogen) atoms. The third kappa shape index (κ3) is 4.05. The summed E-state index contributed by atoms with van der Waals surface area (Å²) in [6.07, 6.45) is 3.82. The second kappa shape index (κ2) is 7.76. The highest BCUT2D eigenvalue weighted by molar-refractivity contribution is 5.81. The molecule has 0 saturated carbocycles. The molecule has 1 atom stereocenters. The molecule has 2 N–H and O–H groups in total. The number of carbonyl (C=O) groups excluding carboxylic acids is 1. The topological polar surface area (TPSA) is 67.4 Å². The predicted molar refractivity (Wildman–Crippen MR) is 93.1 cm³/mol. The van der Waals surface area contributed by atoms with E-state index in [1.807, 2.05) is 12.4 Å². The lowest BCUT2D eigenvalue weighted by molar-refractivity contribution is -0.124. The Bertz CT molecular complexity index is 707. The van der Waals surface area contributed by atoms with Gasteiger partial charge in [-0.15, -0.1) is 0 Å². The third-order valence-electron chi connectivity index (χ3n) is 4.73. The molecule has 1 aliphatic heterocycles. The van der Waals surface area contributed by atoms with Crippen LogP contribution in [-0.2, 0) is 17.9 Å². The first-order chi connectivity index (χ1) is 12.1. The number of carbonyl (C=O) groups is 1. The Hall–Kier alpha value is -2.25. The normalized spacial score (nSPS) is 17.5. The molecule has 1 fully saturated rings. The van der Waals surface area contributed by atoms with Crippen molar-refractivity contribution in [3.05, 3.63) is 53.9 Å². The number of hydrogen-bond donors (Lipinski definition) is 1. The maximum Gasteiger partial charge on any atom is 0.239 e. The van der Waals surface area contributed by atoms with Crippen molar-refractivity contribution < 1.29 is 9.18 Å². The van der Waals surface area contributed by atoms with Crippen LogP contribution in [0.3, 0.4) is 0 Å². The first kappa shape index (κ1) is 17.6. The summed E-state index contributed by atoms with van der Waals surface area (Å²) in [7, 11) is 0. The molecule has 2 aromatic rings. The van der Waals surface area contributed by atoms with Crippen LogP contribution in [-0.4, -0.2) is 51.4 Å². The van der Waals surface area contributed by atoms with Gasteiger partial charge in [0, 0.05) is 45.1 Å². The third-order valence-corrected chi connectivity index (χ3v) is 4.73. The van der Waals surface area contributed by atoms with Gasteiger partial charge in [-0.2, -0.15) is 0 Å². The van der Waals surface area contributed by atoms with Crippen molar-refractivity contribution in [2.75, 3.05) is 26.2 Å². The maximum absolute atomic E-state index is 13.1. The van der Waals surface area contributed by atoms with E-state index in [2.05, 4.69) is 26.3 Å². The van der Waals surface area contributed by atoms with E-state index < -0.39 is 11.9 Å². The van der Waals surface area contributed by atoms with Crippen LogP contribution in [0.15, 0.2) is 36.7 Å². The van der Waals surface area contributed by atoms with E-state index in [9.17, 15) is 9.18 Å². The van der Waals surface area contributed by atoms with E-state index in [-0.39, 0.29) is 5.82 Å². The summed E-state index contributed by atoms with van der Waals surface area (Å²) in [5, 5.41) is 0. The molecule has 1 aliphatic rings. The molecule has 1 aromatic carbocycles. The van der Waals surface area contributed by atoms with Crippen molar-refractivity contribution in [3.63, 3.8) is 0 Å². The Balaban J connectivity index is 1.63. The van der Waals surface area contributed by atoms with Gasteiger partial charge in [0.05, 0.1) is 6.54 Å². The number of imidazole rings is 1. The molecule has 2 heterocycles. The van der Waals surface area contributed by atoms with Crippen molar-refractivity contribution in [2.45, 2.75) is 26.1 Å². The number of amides is 1. The van der Waals surface area contributed by atoms with Gasteiger partial charge in [0.1, 0.15) is 17.7 Å². The van der Waals surface area contributed by atoms with Crippen LogP contribution < -0.4 is 5.73 Å². The maximum atomic E-state index is 13.1. The Morgan fingerprint density at radius 1 is 1.24 bits per heavy atom. The zero-order valence-corrected chi connectivity index (χ0v) is 14.4. The molecular formula is C18H24FN5O. The van der Waals surface area contributed by atoms with Gasteiger partial charge in [-0.1, -0.05) is 12.1 Å². The van der Waals surface area contributed by atoms with Gasteiger partial charge in [0.15, 0.2) is 0 Å². The van der Waals surface area contributed by atoms with Gasteiger partial charge in [-0.3, -0.25) is 14.6 Å². The molecular weight excluding hydrogens is 321 g/mol. The second-order valence-electron chi connectivity index (χ2n) is 6.30. The van der Waals surface area contributed by atoms with Crippen LogP contribution in [0.2, 0.25) is 0 Å². The second-order valence-corrected chi connectivity index (χ2v) is 6.30. The number of aryl methyl sites for hydroxylation is 1. The molecule has 1 amide bonds. The lowest BCUT2D eigenvalue weighted by atomic mass is 10.0. The summed E-state index contributed by atoms with van der Waals surface area (Å²) in [6.45, 7) is 6.94. The van der Waals surface area contributed by atoms with E-state index in [0.717, 1.165) is 50.7 Å². The Morgan fingerprint density at radius 2 is 1.92 bits per heavy atom. The number of halogens is 1. The van der Waals surface area contributed by atoms with Crippen molar-refractivity contribution in [3.8, 4) is 0 Å². The number of aromatic nitrogens is 2. The lowest BCUT2D eigenvalue weighted by Gasteiger charge is -2.38. The standard InChI is InChI=1S/C18H24FN5O/c1-2-23-8-7-21-16(23)13-22-9-11-24(12-10-22)17(18(20)25)14-3-5-15(19)6-4-14/h3-8,17H,2,9-13H2,1H3,(H2,20,25)/t17-/m0/s1. The summed E-state index contributed by atoms with van der Waals surface area (Å²) < 4.78 is 15.3. The van der Waals surface area contributed by atoms with Gasteiger partial charge in [-0.25, -0.2) is 9.37 Å². The smallest absolute Gasteiger partial charge is 0.239 e. The van der Waals surface area contributed by atoms with Gasteiger partial charge in [-0.05, 0) is 24.6 Å². The first-order valence-corrected chi connectivity index (χ1v) is 8.59. The molecule has 3 rings (SSSR count). The molecule has 7 heteroatoms. The minimum absolute atomic E-state index is 0.316. The summed E-state index contributed by atoms with van der Waals surface area (Å²) in [5.74, 6) is 0.339. The number of hydrogen-bond acceptors (Lipinski definition) is 4. The number of nitrogens with zero attached hydrogens (tertiary/aromatic N) is 4. The molecule has 1 saturated heterocycles. The van der Waals surface area contributed by atoms with E-state index in [1.165, 1.54) is 12.1 Å².